The van der Waals surface area contributed by atoms with Gasteiger partial charge in [-0.25, -0.2) is 0 Å². The normalized spacial score (nSPS) is 11.4. The lowest BCUT2D eigenvalue weighted by Gasteiger charge is -2.09. The number of ether oxygens (including phenoxy) is 2. The van der Waals surface area contributed by atoms with Gasteiger partial charge >= 0.3 is 0 Å². The van der Waals surface area contributed by atoms with Crippen molar-refractivity contribution in [3.05, 3.63) is 63.9 Å². The third-order valence-electron chi connectivity index (χ3n) is 4.34. The minimum absolute atomic E-state index is 0.469. The molecule has 1 N–H and O–H groups in total. The van der Waals surface area contributed by atoms with Gasteiger partial charge in [0.2, 0.25) is 0 Å². The van der Waals surface area contributed by atoms with Gasteiger partial charge in [0, 0.05) is 39.7 Å². The number of hydrogen-bond acceptors (Lipinski definition) is 3. The number of benzene rings is 2. The monoisotopic (exact) mass is 386 g/mol. The molecular weight excluding hydrogens is 371 g/mol. The molecule has 0 fully saturated rings. The lowest BCUT2D eigenvalue weighted by atomic mass is 10.1. The number of hydrogen-bond donors (Lipinski definition) is 1. The largest absolute Gasteiger partial charge is 0.456 e. The summed E-state index contributed by atoms with van der Waals surface area (Å²) in [5, 5.41) is 3.19. The first kappa shape index (κ1) is 17.2. The minimum atomic E-state index is 0.469. The predicted octanol–water partition coefficient (Wildman–Crippen LogP) is 6.27. The van der Waals surface area contributed by atoms with Crippen LogP contribution in [0.4, 0.5) is 0 Å². The maximum atomic E-state index is 6.22. The number of rotatable bonds is 4. The summed E-state index contributed by atoms with van der Waals surface area (Å²) in [6.07, 6.45) is 1.85. The highest BCUT2D eigenvalue weighted by atomic mass is 35.5. The van der Waals surface area contributed by atoms with Crippen molar-refractivity contribution in [2.45, 2.75) is 13.5 Å². The second-order valence-electron chi connectivity index (χ2n) is 6.05. The summed E-state index contributed by atoms with van der Waals surface area (Å²) in [6, 6.07) is 11.1. The molecule has 4 rings (SSSR count). The molecule has 26 heavy (non-hydrogen) atoms. The lowest BCUT2D eigenvalue weighted by Crippen LogP contribution is -1.95. The molecule has 4 nitrogen and oxygen atoms in total. The van der Waals surface area contributed by atoms with Crippen LogP contribution >= 0.6 is 23.2 Å². The fourth-order valence-electron chi connectivity index (χ4n) is 3.10. The van der Waals surface area contributed by atoms with Gasteiger partial charge in [0.25, 0.3) is 0 Å². The van der Waals surface area contributed by atoms with E-state index >= 15 is 0 Å². The first-order chi connectivity index (χ1) is 12.6. The summed E-state index contributed by atoms with van der Waals surface area (Å²) >= 11 is 12.2. The van der Waals surface area contributed by atoms with Crippen molar-refractivity contribution in [2.75, 3.05) is 7.11 Å². The van der Waals surface area contributed by atoms with Crippen LogP contribution in [0.15, 0.2) is 42.6 Å². The fourth-order valence-corrected chi connectivity index (χ4v) is 3.55. The van der Waals surface area contributed by atoms with Gasteiger partial charge in [0.15, 0.2) is 0 Å². The first-order valence-corrected chi connectivity index (χ1v) is 8.84. The fraction of sp³-hybridized carbons (Fsp3) is 0.150. The molecule has 132 valence electrons. The number of aromatic nitrogens is 2. The van der Waals surface area contributed by atoms with Crippen LogP contribution in [0.2, 0.25) is 10.0 Å². The number of nitrogens with one attached hydrogen (secondary N) is 1. The highest BCUT2D eigenvalue weighted by Crippen LogP contribution is 2.36. The van der Waals surface area contributed by atoms with Crippen LogP contribution in [0, 0.1) is 6.92 Å². The molecule has 0 aliphatic rings. The Labute approximate surface area is 160 Å². The van der Waals surface area contributed by atoms with Gasteiger partial charge in [0.05, 0.1) is 23.3 Å². The van der Waals surface area contributed by atoms with E-state index in [0.29, 0.717) is 28.2 Å². The number of H-pyrrole nitrogens is 1. The molecule has 0 spiro atoms. The van der Waals surface area contributed by atoms with Crippen molar-refractivity contribution in [1.29, 1.82) is 0 Å². The van der Waals surface area contributed by atoms with E-state index in [1.807, 2.05) is 31.3 Å². The molecule has 0 unspecified atom stereocenters. The Kier molecular flexibility index (Phi) is 4.49. The van der Waals surface area contributed by atoms with Gasteiger partial charge in [-0.15, -0.1) is 0 Å². The second kappa shape index (κ2) is 6.80. The first-order valence-electron chi connectivity index (χ1n) is 8.08. The van der Waals surface area contributed by atoms with Gasteiger partial charge in [0.1, 0.15) is 11.5 Å². The van der Waals surface area contributed by atoms with Crippen molar-refractivity contribution >= 4 is 45.0 Å². The molecule has 2 heterocycles. The standard InChI is InChI=1S/C20H16Cl2N2O2/c1-11-15(10-25-2)20-14-8-13(4-5-17(14)24-18(20)9-23-11)26-19-6-3-12(21)7-16(19)22/h3-9,24H,10H2,1-2H3. The van der Waals surface area contributed by atoms with E-state index in [2.05, 4.69) is 9.97 Å². The summed E-state index contributed by atoms with van der Waals surface area (Å²) in [4.78, 5) is 7.86. The number of nitrogens with zero attached hydrogens (tertiary/aromatic N) is 1. The maximum absolute atomic E-state index is 6.22. The number of aromatic amines is 1. The van der Waals surface area contributed by atoms with Crippen LogP contribution in [0.25, 0.3) is 21.8 Å². The van der Waals surface area contributed by atoms with Crippen LogP contribution in [0.3, 0.4) is 0 Å². The van der Waals surface area contributed by atoms with Crippen molar-refractivity contribution in [2.24, 2.45) is 0 Å². The van der Waals surface area contributed by atoms with Gasteiger partial charge in [-0.2, -0.15) is 0 Å². The Morgan fingerprint density at radius 2 is 1.92 bits per heavy atom. The van der Waals surface area contributed by atoms with Gasteiger partial charge < -0.3 is 14.5 Å². The van der Waals surface area contributed by atoms with Crippen LogP contribution in [-0.2, 0) is 11.3 Å². The zero-order valence-electron chi connectivity index (χ0n) is 14.3. The molecular formula is C20H16Cl2N2O2. The van der Waals surface area contributed by atoms with E-state index in [0.717, 1.165) is 33.1 Å². The summed E-state index contributed by atoms with van der Waals surface area (Å²) in [6.45, 7) is 2.48. The zero-order valence-corrected chi connectivity index (χ0v) is 15.8. The Morgan fingerprint density at radius 1 is 1.08 bits per heavy atom. The minimum Gasteiger partial charge on any atom is -0.456 e. The Bertz CT molecular complexity index is 1120. The van der Waals surface area contributed by atoms with E-state index in [1.54, 1.807) is 25.3 Å². The third kappa shape index (κ3) is 3.01. The van der Waals surface area contributed by atoms with E-state index in [4.69, 9.17) is 32.7 Å². The molecule has 0 bridgehead atoms. The number of pyridine rings is 1. The molecule has 2 aromatic carbocycles. The topological polar surface area (TPSA) is 47.1 Å². The summed E-state index contributed by atoms with van der Waals surface area (Å²) < 4.78 is 11.3. The van der Waals surface area contributed by atoms with E-state index in [1.165, 1.54) is 0 Å². The predicted molar refractivity (Wildman–Crippen MR) is 106 cm³/mol. The summed E-state index contributed by atoms with van der Waals surface area (Å²) in [7, 11) is 1.68. The molecule has 6 heteroatoms. The van der Waals surface area contributed by atoms with Crippen LogP contribution in [0.5, 0.6) is 11.5 Å². The summed E-state index contributed by atoms with van der Waals surface area (Å²) in [5.74, 6) is 1.26. The zero-order chi connectivity index (χ0) is 18.3. The summed E-state index contributed by atoms with van der Waals surface area (Å²) in [5.41, 5.74) is 4.00. The van der Waals surface area contributed by atoms with Crippen molar-refractivity contribution in [3.63, 3.8) is 0 Å². The number of halogens is 2. The SMILES string of the molecule is COCc1c(C)ncc2[nH]c3ccc(Oc4ccc(Cl)cc4Cl)cc3c12. The molecule has 2 aromatic heterocycles. The maximum Gasteiger partial charge on any atom is 0.146 e. The van der Waals surface area contributed by atoms with Gasteiger partial charge in [-0.3, -0.25) is 4.98 Å². The quantitative estimate of drug-likeness (QED) is 0.449. The highest BCUT2D eigenvalue weighted by Gasteiger charge is 2.13. The molecule has 0 aliphatic heterocycles. The Balaban J connectivity index is 1.85. The number of fused-ring (bicyclic) bond motifs is 3. The van der Waals surface area contributed by atoms with Crippen LogP contribution in [0.1, 0.15) is 11.3 Å². The van der Waals surface area contributed by atoms with E-state index < -0.39 is 0 Å². The Hall–Kier alpha value is -2.27. The van der Waals surface area contributed by atoms with Crippen LogP contribution in [-0.4, -0.2) is 17.1 Å². The van der Waals surface area contributed by atoms with Crippen molar-refractivity contribution in [1.82, 2.24) is 9.97 Å². The molecule has 0 saturated heterocycles. The average molecular weight is 387 g/mol. The molecule has 0 atom stereocenters. The molecule has 0 radical (unpaired) electrons. The van der Waals surface area contributed by atoms with E-state index in [9.17, 15) is 0 Å². The van der Waals surface area contributed by atoms with Crippen molar-refractivity contribution < 1.29 is 9.47 Å². The number of methoxy groups -OCH3 is 1. The molecule has 0 amide bonds. The molecule has 0 saturated carbocycles. The van der Waals surface area contributed by atoms with Gasteiger partial charge in [-0.05, 0) is 43.3 Å². The lowest BCUT2D eigenvalue weighted by molar-refractivity contribution is 0.185. The van der Waals surface area contributed by atoms with Crippen LogP contribution < -0.4 is 4.74 Å². The van der Waals surface area contributed by atoms with E-state index in [-0.39, 0.29) is 0 Å². The Morgan fingerprint density at radius 3 is 2.69 bits per heavy atom. The second-order valence-corrected chi connectivity index (χ2v) is 6.90. The average Bonchev–Trinajstić information content (AvgIpc) is 2.98. The number of aryl methyl sites for hydroxylation is 1. The smallest absolute Gasteiger partial charge is 0.146 e. The molecule has 0 aliphatic carbocycles. The highest BCUT2D eigenvalue weighted by molar-refractivity contribution is 6.35. The third-order valence-corrected chi connectivity index (χ3v) is 4.87. The van der Waals surface area contributed by atoms with Gasteiger partial charge in [-0.1, -0.05) is 23.2 Å². The molecule has 4 aromatic rings. The van der Waals surface area contributed by atoms with Crippen molar-refractivity contribution in [3.8, 4) is 11.5 Å².